The fourth-order valence-electron chi connectivity index (χ4n) is 3.23. The van der Waals surface area contributed by atoms with Gasteiger partial charge in [-0.15, -0.1) is 0 Å². The van der Waals surface area contributed by atoms with Gasteiger partial charge in [0.2, 0.25) is 0 Å². The van der Waals surface area contributed by atoms with E-state index in [0.29, 0.717) is 0 Å². The second kappa shape index (κ2) is 8.30. The lowest BCUT2D eigenvalue weighted by atomic mass is 9.95. The molecule has 0 aliphatic heterocycles. The van der Waals surface area contributed by atoms with Crippen LogP contribution in [0.2, 0.25) is 0 Å². The van der Waals surface area contributed by atoms with Gasteiger partial charge in [-0.3, -0.25) is 4.79 Å². The Morgan fingerprint density at radius 1 is 0.960 bits per heavy atom. The molecule has 0 spiro atoms. The van der Waals surface area contributed by atoms with Gasteiger partial charge in [0, 0.05) is 6.04 Å². The molecule has 25 heavy (non-hydrogen) atoms. The van der Waals surface area contributed by atoms with Gasteiger partial charge in [-0.1, -0.05) is 73.9 Å². The molecule has 2 aromatic carbocycles. The molecule has 0 aromatic heterocycles. The van der Waals surface area contributed by atoms with Gasteiger partial charge in [0.1, 0.15) is 11.6 Å². The minimum absolute atomic E-state index is 0.165. The molecule has 1 aliphatic carbocycles. The summed E-state index contributed by atoms with van der Waals surface area (Å²) in [5.41, 5.74) is 3.28. The fraction of sp³-hybridized carbons (Fsp3) is 0.273. The summed E-state index contributed by atoms with van der Waals surface area (Å²) >= 11 is 0. The summed E-state index contributed by atoms with van der Waals surface area (Å²) in [6, 6.07) is 20.3. The number of carbonyl (C=O) groups excluding carboxylic acids is 1. The summed E-state index contributed by atoms with van der Waals surface area (Å²) in [5, 5.41) is 12.3. The summed E-state index contributed by atoms with van der Waals surface area (Å²) in [5.74, 6) is -0.262. The van der Waals surface area contributed by atoms with E-state index in [9.17, 15) is 10.1 Å². The largest absolute Gasteiger partial charge is 0.349 e. The predicted octanol–water partition coefficient (Wildman–Crippen LogP) is 4.71. The van der Waals surface area contributed by atoms with Crippen molar-refractivity contribution in [3.05, 3.63) is 65.7 Å². The van der Waals surface area contributed by atoms with E-state index in [-0.39, 0.29) is 17.5 Å². The van der Waals surface area contributed by atoms with Gasteiger partial charge in [0.15, 0.2) is 0 Å². The molecule has 1 aliphatic rings. The molecular weight excluding hydrogens is 308 g/mol. The van der Waals surface area contributed by atoms with Crippen molar-refractivity contribution in [3.8, 4) is 17.2 Å². The highest BCUT2D eigenvalue weighted by Crippen LogP contribution is 2.21. The topological polar surface area (TPSA) is 52.9 Å². The lowest BCUT2D eigenvalue weighted by molar-refractivity contribution is -0.117. The fourth-order valence-corrected chi connectivity index (χ4v) is 3.23. The Labute approximate surface area is 149 Å². The van der Waals surface area contributed by atoms with Crippen LogP contribution in [0.3, 0.4) is 0 Å². The van der Waals surface area contributed by atoms with Crippen molar-refractivity contribution >= 4 is 12.0 Å². The number of amides is 1. The van der Waals surface area contributed by atoms with Gasteiger partial charge >= 0.3 is 0 Å². The number of nitriles is 1. The van der Waals surface area contributed by atoms with Crippen molar-refractivity contribution in [2.24, 2.45) is 0 Å². The SMILES string of the molecule is N#C/C(=C\c1ccc(-c2ccccc2)cc1)C(=O)NC1CCCCC1. The minimum Gasteiger partial charge on any atom is -0.349 e. The number of hydrogen-bond donors (Lipinski definition) is 1. The highest BCUT2D eigenvalue weighted by atomic mass is 16.1. The average molecular weight is 330 g/mol. The van der Waals surface area contributed by atoms with E-state index < -0.39 is 0 Å². The molecule has 3 rings (SSSR count). The van der Waals surface area contributed by atoms with Crippen LogP contribution in [0.4, 0.5) is 0 Å². The zero-order chi connectivity index (χ0) is 17.5. The van der Waals surface area contributed by atoms with Gasteiger partial charge < -0.3 is 5.32 Å². The third-order valence-electron chi connectivity index (χ3n) is 4.63. The molecule has 2 aromatic rings. The van der Waals surface area contributed by atoms with E-state index in [1.807, 2.05) is 48.5 Å². The van der Waals surface area contributed by atoms with E-state index in [4.69, 9.17) is 0 Å². The lowest BCUT2D eigenvalue weighted by Crippen LogP contribution is -2.36. The molecule has 1 amide bonds. The lowest BCUT2D eigenvalue weighted by Gasteiger charge is -2.22. The summed E-state index contributed by atoms with van der Waals surface area (Å²) in [6.07, 6.45) is 7.22. The zero-order valence-electron chi connectivity index (χ0n) is 14.2. The standard InChI is InChI=1S/C22H22N2O/c23-16-20(22(25)24-21-9-5-2-6-10-21)15-17-11-13-19(14-12-17)18-7-3-1-4-8-18/h1,3-4,7-8,11-15,21H,2,5-6,9-10H2,(H,24,25)/b20-15+. The number of nitrogens with zero attached hydrogens (tertiary/aromatic N) is 1. The summed E-state index contributed by atoms with van der Waals surface area (Å²) in [4.78, 5) is 12.3. The number of nitrogens with one attached hydrogen (secondary N) is 1. The molecule has 1 fully saturated rings. The second-order valence-electron chi connectivity index (χ2n) is 6.47. The van der Waals surface area contributed by atoms with Crippen molar-refractivity contribution in [1.29, 1.82) is 5.26 Å². The first kappa shape index (κ1) is 17.0. The van der Waals surface area contributed by atoms with Crippen molar-refractivity contribution in [2.45, 2.75) is 38.1 Å². The van der Waals surface area contributed by atoms with Crippen molar-refractivity contribution < 1.29 is 4.79 Å². The highest BCUT2D eigenvalue weighted by Gasteiger charge is 2.18. The Balaban J connectivity index is 1.71. The van der Waals surface area contributed by atoms with Crippen LogP contribution >= 0.6 is 0 Å². The normalized spacial score (nSPS) is 15.4. The van der Waals surface area contributed by atoms with E-state index >= 15 is 0 Å². The van der Waals surface area contributed by atoms with Crippen LogP contribution in [0.1, 0.15) is 37.7 Å². The van der Waals surface area contributed by atoms with E-state index in [1.54, 1.807) is 6.08 Å². The first-order valence-corrected chi connectivity index (χ1v) is 8.84. The van der Waals surface area contributed by atoms with Crippen LogP contribution in [0.15, 0.2) is 60.2 Å². The van der Waals surface area contributed by atoms with Crippen LogP contribution in [0, 0.1) is 11.3 Å². The molecule has 1 N–H and O–H groups in total. The maximum atomic E-state index is 12.3. The summed E-state index contributed by atoms with van der Waals surface area (Å²) in [7, 11) is 0. The third-order valence-corrected chi connectivity index (χ3v) is 4.63. The Bertz CT molecular complexity index is 779. The first-order chi connectivity index (χ1) is 12.3. The van der Waals surface area contributed by atoms with Gasteiger partial charge in [0.05, 0.1) is 0 Å². The quantitative estimate of drug-likeness (QED) is 0.652. The van der Waals surface area contributed by atoms with Gasteiger partial charge in [0.25, 0.3) is 5.91 Å². The monoisotopic (exact) mass is 330 g/mol. The molecule has 0 saturated heterocycles. The van der Waals surface area contributed by atoms with Crippen molar-refractivity contribution in [3.63, 3.8) is 0 Å². The average Bonchev–Trinajstić information content (AvgIpc) is 2.68. The van der Waals surface area contributed by atoms with Gasteiger partial charge in [-0.2, -0.15) is 5.26 Å². The van der Waals surface area contributed by atoms with Gasteiger partial charge in [-0.25, -0.2) is 0 Å². The van der Waals surface area contributed by atoms with Crippen LogP contribution < -0.4 is 5.32 Å². The van der Waals surface area contributed by atoms with Crippen molar-refractivity contribution in [2.75, 3.05) is 0 Å². The van der Waals surface area contributed by atoms with Gasteiger partial charge in [-0.05, 0) is 35.6 Å². The number of rotatable bonds is 4. The Morgan fingerprint density at radius 2 is 1.60 bits per heavy atom. The Hall–Kier alpha value is -2.86. The predicted molar refractivity (Wildman–Crippen MR) is 100 cm³/mol. The molecular formula is C22H22N2O. The third kappa shape index (κ3) is 4.58. The molecule has 0 heterocycles. The van der Waals surface area contributed by atoms with Crippen LogP contribution in [0.25, 0.3) is 17.2 Å². The van der Waals surface area contributed by atoms with Crippen LogP contribution in [-0.4, -0.2) is 11.9 Å². The van der Waals surface area contributed by atoms with E-state index in [0.717, 1.165) is 42.4 Å². The number of hydrogen-bond acceptors (Lipinski definition) is 2. The van der Waals surface area contributed by atoms with Crippen LogP contribution in [0.5, 0.6) is 0 Å². The molecule has 126 valence electrons. The number of carbonyl (C=O) groups is 1. The summed E-state index contributed by atoms with van der Waals surface area (Å²) < 4.78 is 0. The molecule has 0 bridgehead atoms. The minimum atomic E-state index is -0.262. The molecule has 0 radical (unpaired) electrons. The van der Waals surface area contributed by atoms with Crippen LogP contribution in [-0.2, 0) is 4.79 Å². The molecule has 0 unspecified atom stereocenters. The molecule has 1 saturated carbocycles. The van der Waals surface area contributed by atoms with E-state index in [2.05, 4.69) is 17.4 Å². The van der Waals surface area contributed by atoms with Crippen molar-refractivity contribution in [1.82, 2.24) is 5.32 Å². The summed E-state index contributed by atoms with van der Waals surface area (Å²) in [6.45, 7) is 0. The zero-order valence-corrected chi connectivity index (χ0v) is 14.2. The molecule has 3 heteroatoms. The molecule has 0 atom stereocenters. The molecule has 3 nitrogen and oxygen atoms in total. The second-order valence-corrected chi connectivity index (χ2v) is 6.47. The first-order valence-electron chi connectivity index (χ1n) is 8.84. The Kier molecular flexibility index (Phi) is 5.64. The number of benzene rings is 2. The maximum absolute atomic E-state index is 12.3. The highest BCUT2D eigenvalue weighted by molar-refractivity contribution is 6.01. The van der Waals surface area contributed by atoms with E-state index in [1.165, 1.54) is 6.42 Å². The Morgan fingerprint density at radius 3 is 2.24 bits per heavy atom. The smallest absolute Gasteiger partial charge is 0.262 e. The maximum Gasteiger partial charge on any atom is 0.262 e.